The van der Waals surface area contributed by atoms with E-state index in [4.69, 9.17) is 14.9 Å². The maximum Gasteiger partial charge on any atom is 0.165 e. The van der Waals surface area contributed by atoms with Gasteiger partial charge in [0.1, 0.15) is 0 Å². The van der Waals surface area contributed by atoms with E-state index in [1.54, 1.807) is 12.1 Å². The zero-order valence-electron chi connectivity index (χ0n) is 11.7. The van der Waals surface area contributed by atoms with Crippen molar-refractivity contribution in [2.45, 2.75) is 6.42 Å². The first-order valence-electron chi connectivity index (χ1n) is 6.88. The third kappa shape index (κ3) is 6.77. The number of carbonyl (C=O) groups is 1. The molecule has 112 valence electrons. The normalized spacial score (nSPS) is 10.9. The highest BCUT2D eigenvalue weighted by molar-refractivity contribution is 5.96. The molecule has 0 atom stereocenters. The number of aliphatic hydroxyl groups is 2. The summed E-state index contributed by atoms with van der Waals surface area (Å²) in [7, 11) is 0. The van der Waals surface area contributed by atoms with Gasteiger partial charge in [0, 0.05) is 31.6 Å². The van der Waals surface area contributed by atoms with E-state index < -0.39 is 0 Å². The average molecular weight is 281 g/mol. The molecule has 5 nitrogen and oxygen atoms in total. The van der Waals surface area contributed by atoms with E-state index in [0.29, 0.717) is 44.8 Å². The number of ketones is 1. The van der Waals surface area contributed by atoms with Crippen LogP contribution in [0.25, 0.3) is 0 Å². The molecule has 0 saturated carbocycles. The maximum absolute atomic E-state index is 11.8. The number of ether oxygens (including phenoxy) is 1. The first-order valence-corrected chi connectivity index (χ1v) is 6.88. The number of hydrogen-bond acceptors (Lipinski definition) is 5. The van der Waals surface area contributed by atoms with E-state index in [2.05, 4.69) is 0 Å². The number of carbonyl (C=O) groups excluding carboxylic acids is 1. The van der Waals surface area contributed by atoms with Gasteiger partial charge in [-0.05, 0) is 0 Å². The zero-order valence-corrected chi connectivity index (χ0v) is 11.7. The molecule has 2 N–H and O–H groups in total. The van der Waals surface area contributed by atoms with Gasteiger partial charge in [-0.2, -0.15) is 0 Å². The van der Waals surface area contributed by atoms with Crippen molar-refractivity contribution in [2.75, 3.05) is 46.1 Å². The molecule has 0 aromatic heterocycles. The number of hydrogen-bond donors (Lipinski definition) is 2. The van der Waals surface area contributed by atoms with Crippen molar-refractivity contribution in [3.63, 3.8) is 0 Å². The number of Topliss-reactive ketones (excluding diaryl/α,β-unsaturated/α-hetero) is 1. The molecule has 0 amide bonds. The van der Waals surface area contributed by atoms with E-state index >= 15 is 0 Å². The molecule has 1 aromatic rings. The van der Waals surface area contributed by atoms with Gasteiger partial charge < -0.3 is 14.9 Å². The fourth-order valence-corrected chi connectivity index (χ4v) is 1.85. The standard InChI is InChI=1S/C15H23NO4/c17-10-7-16(8-11-18)9-13-20-12-6-15(19)14-4-2-1-3-5-14/h1-5,17-18H,6-13H2. The Morgan fingerprint density at radius 3 is 2.25 bits per heavy atom. The Labute approximate surface area is 119 Å². The highest BCUT2D eigenvalue weighted by atomic mass is 16.5. The van der Waals surface area contributed by atoms with Crippen molar-refractivity contribution in [2.24, 2.45) is 0 Å². The van der Waals surface area contributed by atoms with Gasteiger partial charge >= 0.3 is 0 Å². The summed E-state index contributed by atoms with van der Waals surface area (Å²) in [6, 6.07) is 9.16. The molecule has 0 spiro atoms. The van der Waals surface area contributed by atoms with E-state index in [1.165, 1.54) is 0 Å². The lowest BCUT2D eigenvalue weighted by molar-refractivity contribution is 0.0758. The van der Waals surface area contributed by atoms with Crippen LogP contribution in [0, 0.1) is 0 Å². The van der Waals surface area contributed by atoms with E-state index in [-0.39, 0.29) is 19.0 Å². The van der Waals surface area contributed by atoms with Crippen molar-refractivity contribution in [3.05, 3.63) is 35.9 Å². The fraction of sp³-hybridized carbons (Fsp3) is 0.533. The molecule has 20 heavy (non-hydrogen) atoms. The van der Waals surface area contributed by atoms with Crippen molar-refractivity contribution in [3.8, 4) is 0 Å². The lowest BCUT2D eigenvalue weighted by atomic mass is 10.1. The summed E-state index contributed by atoms with van der Waals surface area (Å²) in [5.41, 5.74) is 0.707. The van der Waals surface area contributed by atoms with Crippen LogP contribution in [0.4, 0.5) is 0 Å². The van der Waals surface area contributed by atoms with Crippen LogP contribution in [0.2, 0.25) is 0 Å². The second-order valence-electron chi connectivity index (χ2n) is 4.44. The van der Waals surface area contributed by atoms with Crippen LogP contribution in [0.1, 0.15) is 16.8 Å². The topological polar surface area (TPSA) is 70.0 Å². The molecule has 0 fully saturated rings. The van der Waals surface area contributed by atoms with Crippen LogP contribution in [0.15, 0.2) is 30.3 Å². The van der Waals surface area contributed by atoms with Crippen molar-refractivity contribution < 1.29 is 19.7 Å². The Hall–Kier alpha value is -1.27. The van der Waals surface area contributed by atoms with Crippen LogP contribution in [0.3, 0.4) is 0 Å². The summed E-state index contributed by atoms with van der Waals surface area (Å²) in [4.78, 5) is 13.7. The molecule has 0 aliphatic carbocycles. The minimum absolute atomic E-state index is 0.0620. The van der Waals surface area contributed by atoms with Gasteiger partial charge in [0.15, 0.2) is 5.78 Å². The van der Waals surface area contributed by atoms with Gasteiger partial charge in [0.25, 0.3) is 0 Å². The molecule has 0 saturated heterocycles. The van der Waals surface area contributed by atoms with E-state index in [9.17, 15) is 4.79 Å². The van der Waals surface area contributed by atoms with Crippen LogP contribution in [-0.2, 0) is 4.74 Å². The van der Waals surface area contributed by atoms with Crippen LogP contribution in [0.5, 0.6) is 0 Å². The summed E-state index contributed by atoms with van der Waals surface area (Å²) in [6.45, 7) is 2.68. The lowest BCUT2D eigenvalue weighted by Crippen LogP contribution is -2.33. The molecule has 1 aromatic carbocycles. The first-order chi connectivity index (χ1) is 9.77. The Kier molecular flexibility index (Phi) is 8.82. The van der Waals surface area contributed by atoms with Gasteiger partial charge in [-0.15, -0.1) is 0 Å². The van der Waals surface area contributed by atoms with E-state index in [1.807, 2.05) is 23.1 Å². The summed E-state index contributed by atoms with van der Waals surface area (Å²) in [6.07, 6.45) is 0.365. The molecule has 5 heteroatoms. The molecule has 0 radical (unpaired) electrons. The van der Waals surface area contributed by atoms with Gasteiger partial charge in [-0.3, -0.25) is 9.69 Å². The minimum Gasteiger partial charge on any atom is -0.395 e. The van der Waals surface area contributed by atoms with Gasteiger partial charge in [-0.1, -0.05) is 30.3 Å². The first kappa shape index (κ1) is 16.8. The van der Waals surface area contributed by atoms with Crippen molar-refractivity contribution in [1.29, 1.82) is 0 Å². The lowest BCUT2D eigenvalue weighted by Gasteiger charge is -2.19. The molecule has 0 bridgehead atoms. The van der Waals surface area contributed by atoms with Crippen molar-refractivity contribution >= 4 is 5.78 Å². The minimum atomic E-state index is 0.0620. The maximum atomic E-state index is 11.8. The van der Waals surface area contributed by atoms with Gasteiger partial charge in [-0.25, -0.2) is 0 Å². The fourth-order valence-electron chi connectivity index (χ4n) is 1.85. The van der Waals surface area contributed by atoms with E-state index in [0.717, 1.165) is 0 Å². The molecular formula is C15H23NO4. The van der Waals surface area contributed by atoms with Gasteiger partial charge in [0.2, 0.25) is 0 Å². The second kappa shape index (κ2) is 10.5. The highest BCUT2D eigenvalue weighted by Crippen LogP contribution is 2.02. The molecule has 1 rings (SSSR count). The van der Waals surface area contributed by atoms with Crippen molar-refractivity contribution in [1.82, 2.24) is 4.90 Å². The molecule has 0 aliphatic heterocycles. The highest BCUT2D eigenvalue weighted by Gasteiger charge is 2.06. The third-order valence-corrected chi connectivity index (χ3v) is 2.95. The monoisotopic (exact) mass is 281 g/mol. The smallest absolute Gasteiger partial charge is 0.165 e. The Morgan fingerprint density at radius 1 is 1.00 bits per heavy atom. The average Bonchev–Trinajstić information content (AvgIpc) is 2.48. The Morgan fingerprint density at radius 2 is 1.65 bits per heavy atom. The van der Waals surface area contributed by atoms with Crippen LogP contribution >= 0.6 is 0 Å². The summed E-state index contributed by atoms with van der Waals surface area (Å²) in [5.74, 6) is 0.0770. The van der Waals surface area contributed by atoms with Gasteiger partial charge in [0.05, 0.1) is 26.4 Å². The summed E-state index contributed by atoms with van der Waals surface area (Å²) in [5, 5.41) is 17.7. The number of nitrogens with zero attached hydrogens (tertiary/aromatic N) is 1. The number of benzene rings is 1. The number of rotatable bonds is 11. The molecule has 0 unspecified atom stereocenters. The Bertz CT molecular complexity index is 363. The molecule has 0 heterocycles. The second-order valence-corrected chi connectivity index (χ2v) is 4.44. The Balaban J connectivity index is 2.13. The SMILES string of the molecule is O=C(CCOCCN(CCO)CCO)c1ccccc1. The summed E-state index contributed by atoms with van der Waals surface area (Å²) >= 11 is 0. The van der Waals surface area contributed by atoms with Crippen LogP contribution < -0.4 is 0 Å². The van der Waals surface area contributed by atoms with Crippen LogP contribution in [-0.4, -0.2) is 67.0 Å². The molecule has 0 aliphatic rings. The largest absolute Gasteiger partial charge is 0.395 e. The predicted octanol–water partition coefficient (Wildman–Crippen LogP) is 0.563. The number of aliphatic hydroxyl groups excluding tert-OH is 2. The zero-order chi connectivity index (χ0) is 14.6. The quantitative estimate of drug-likeness (QED) is 0.458. The summed E-state index contributed by atoms with van der Waals surface area (Å²) < 4.78 is 5.42. The molecular weight excluding hydrogens is 258 g/mol. The predicted molar refractivity (Wildman–Crippen MR) is 76.8 cm³/mol. The third-order valence-electron chi connectivity index (χ3n) is 2.95.